The Bertz CT molecular complexity index is 583. The highest BCUT2D eigenvalue weighted by atomic mass is 127. The Morgan fingerprint density at radius 2 is 2.00 bits per heavy atom. The van der Waals surface area contributed by atoms with Crippen LogP contribution in [0.15, 0.2) is 40.7 Å². The van der Waals surface area contributed by atoms with Gasteiger partial charge in [-0.05, 0) is 6.42 Å². The minimum atomic E-state index is 0. The van der Waals surface area contributed by atoms with Crippen LogP contribution in [0.25, 0.3) is 10.6 Å². The van der Waals surface area contributed by atoms with Crippen LogP contribution in [0, 0.1) is 0 Å². The lowest BCUT2D eigenvalue weighted by atomic mass is 10.2. The summed E-state index contributed by atoms with van der Waals surface area (Å²) >= 11 is 1.64. The number of thiazole rings is 1. The van der Waals surface area contributed by atoms with Crippen molar-refractivity contribution in [1.29, 1.82) is 0 Å². The van der Waals surface area contributed by atoms with E-state index in [2.05, 4.69) is 34.3 Å². The molecule has 6 heteroatoms. The van der Waals surface area contributed by atoms with Gasteiger partial charge in [0.1, 0.15) is 5.01 Å². The number of aliphatic imine (C=N–C) groups is 1. The first-order chi connectivity index (χ1) is 10.8. The van der Waals surface area contributed by atoms with Crippen LogP contribution in [0.4, 0.5) is 0 Å². The molecular weight excluding hydrogens is 419 g/mol. The number of halogens is 1. The Labute approximate surface area is 159 Å². The Balaban J connectivity index is 0.00000264. The van der Waals surface area contributed by atoms with Crippen molar-refractivity contribution >= 4 is 41.3 Å². The van der Waals surface area contributed by atoms with Gasteiger partial charge in [-0.1, -0.05) is 56.5 Å². The quantitative estimate of drug-likeness (QED) is 0.274. The fourth-order valence-electron chi connectivity index (χ4n) is 2.08. The monoisotopic (exact) mass is 444 g/mol. The Morgan fingerprint density at radius 3 is 2.74 bits per heavy atom. The Morgan fingerprint density at radius 1 is 1.22 bits per heavy atom. The largest absolute Gasteiger partial charge is 0.370 e. The molecule has 3 N–H and O–H groups in total. The zero-order chi connectivity index (χ0) is 15.6. The van der Waals surface area contributed by atoms with Crippen molar-refractivity contribution in [3.05, 3.63) is 41.4 Å². The predicted molar refractivity (Wildman–Crippen MR) is 110 cm³/mol. The van der Waals surface area contributed by atoms with Crippen molar-refractivity contribution in [3.8, 4) is 10.6 Å². The van der Waals surface area contributed by atoms with Crippen LogP contribution < -0.4 is 11.1 Å². The molecule has 1 aromatic carbocycles. The fourth-order valence-corrected chi connectivity index (χ4v) is 2.90. The minimum Gasteiger partial charge on any atom is -0.370 e. The standard InChI is InChI=1S/C17H24N4S.HI/c1-2-3-4-8-11-19-17(18)20-12-15-13-22-16(21-15)14-9-6-5-7-10-14;/h5-7,9-10,13H,2-4,8,11-12H2,1H3,(H3,18,19,20);1H. The highest BCUT2D eigenvalue weighted by molar-refractivity contribution is 14.0. The van der Waals surface area contributed by atoms with E-state index in [1.54, 1.807) is 11.3 Å². The maximum Gasteiger partial charge on any atom is 0.188 e. The average Bonchev–Trinajstić information content (AvgIpc) is 3.02. The molecule has 1 aromatic heterocycles. The fraction of sp³-hybridized carbons (Fsp3) is 0.412. The summed E-state index contributed by atoms with van der Waals surface area (Å²) < 4.78 is 0. The zero-order valence-electron chi connectivity index (χ0n) is 13.5. The van der Waals surface area contributed by atoms with E-state index in [1.807, 2.05) is 23.6 Å². The van der Waals surface area contributed by atoms with Gasteiger partial charge >= 0.3 is 0 Å². The van der Waals surface area contributed by atoms with E-state index in [4.69, 9.17) is 5.73 Å². The molecular formula is C17H25IN4S. The maximum atomic E-state index is 5.87. The maximum absolute atomic E-state index is 5.87. The third-order valence-corrected chi connectivity index (χ3v) is 4.26. The first-order valence-electron chi connectivity index (χ1n) is 7.83. The number of nitrogens with zero attached hydrogens (tertiary/aromatic N) is 2. The molecule has 0 atom stereocenters. The molecule has 0 aliphatic rings. The van der Waals surface area contributed by atoms with Gasteiger partial charge in [0.05, 0.1) is 12.2 Å². The molecule has 0 fully saturated rings. The van der Waals surface area contributed by atoms with E-state index in [-0.39, 0.29) is 24.0 Å². The van der Waals surface area contributed by atoms with Gasteiger partial charge in [0, 0.05) is 17.5 Å². The molecule has 0 spiro atoms. The second kappa shape index (κ2) is 11.4. The predicted octanol–water partition coefficient (Wildman–Crippen LogP) is 4.41. The normalized spacial score (nSPS) is 11.1. The number of nitrogens with two attached hydrogens (primary N) is 1. The number of hydrogen-bond acceptors (Lipinski definition) is 3. The number of hydrogen-bond donors (Lipinski definition) is 2. The van der Waals surface area contributed by atoms with Crippen molar-refractivity contribution in [3.63, 3.8) is 0 Å². The number of nitrogens with one attached hydrogen (secondary N) is 1. The smallest absolute Gasteiger partial charge is 0.188 e. The third kappa shape index (κ3) is 7.30. The van der Waals surface area contributed by atoms with E-state index in [0.29, 0.717) is 12.5 Å². The molecule has 0 amide bonds. The highest BCUT2D eigenvalue weighted by Gasteiger charge is 2.03. The van der Waals surface area contributed by atoms with E-state index < -0.39 is 0 Å². The second-order valence-electron chi connectivity index (χ2n) is 5.20. The molecule has 23 heavy (non-hydrogen) atoms. The summed E-state index contributed by atoms with van der Waals surface area (Å²) in [5, 5.41) is 6.22. The molecule has 126 valence electrons. The van der Waals surface area contributed by atoms with Gasteiger partial charge < -0.3 is 11.1 Å². The van der Waals surface area contributed by atoms with Gasteiger partial charge in [0.2, 0.25) is 0 Å². The molecule has 0 aliphatic heterocycles. The summed E-state index contributed by atoms with van der Waals surface area (Å²) in [4.78, 5) is 8.95. The van der Waals surface area contributed by atoms with Gasteiger partial charge in [0.15, 0.2) is 5.96 Å². The van der Waals surface area contributed by atoms with E-state index >= 15 is 0 Å². The number of guanidine groups is 1. The number of unbranched alkanes of at least 4 members (excludes halogenated alkanes) is 3. The number of aromatic nitrogens is 1. The SMILES string of the molecule is CCCCCCNC(N)=NCc1csc(-c2ccccc2)n1.I. The van der Waals surface area contributed by atoms with E-state index in [9.17, 15) is 0 Å². The Hall–Kier alpha value is -1.15. The first-order valence-corrected chi connectivity index (χ1v) is 8.71. The molecule has 0 bridgehead atoms. The zero-order valence-corrected chi connectivity index (χ0v) is 16.6. The summed E-state index contributed by atoms with van der Waals surface area (Å²) in [6.07, 6.45) is 4.90. The van der Waals surface area contributed by atoms with Crippen LogP contribution in [-0.2, 0) is 6.54 Å². The lowest BCUT2D eigenvalue weighted by Gasteiger charge is -2.04. The lowest BCUT2D eigenvalue weighted by Crippen LogP contribution is -2.32. The van der Waals surface area contributed by atoms with Gasteiger partial charge in [-0.3, -0.25) is 0 Å². The molecule has 0 saturated heterocycles. The Kier molecular flexibility index (Phi) is 9.86. The molecule has 0 saturated carbocycles. The van der Waals surface area contributed by atoms with Crippen molar-refractivity contribution in [1.82, 2.24) is 10.3 Å². The summed E-state index contributed by atoms with van der Waals surface area (Å²) in [6, 6.07) is 10.2. The summed E-state index contributed by atoms with van der Waals surface area (Å²) in [5.74, 6) is 0.505. The van der Waals surface area contributed by atoms with Crippen LogP contribution in [0.3, 0.4) is 0 Å². The summed E-state index contributed by atoms with van der Waals surface area (Å²) in [7, 11) is 0. The van der Waals surface area contributed by atoms with Crippen molar-refractivity contribution in [2.24, 2.45) is 10.7 Å². The van der Waals surface area contributed by atoms with Crippen LogP contribution in [0.1, 0.15) is 38.3 Å². The van der Waals surface area contributed by atoms with Gasteiger partial charge in [-0.2, -0.15) is 0 Å². The topological polar surface area (TPSA) is 63.3 Å². The number of benzene rings is 1. The van der Waals surface area contributed by atoms with E-state index in [0.717, 1.165) is 29.2 Å². The summed E-state index contributed by atoms with van der Waals surface area (Å²) in [5.41, 5.74) is 7.97. The van der Waals surface area contributed by atoms with Gasteiger partial charge in [0.25, 0.3) is 0 Å². The summed E-state index contributed by atoms with van der Waals surface area (Å²) in [6.45, 7) is 3.62. The van der Waals surface area contributed by atoms with Crippen molar-refractivity contribution < 1.29 is 0 Å². The average molecular weight is 444 g/mol. The van der Waals surface area contributed by atoms with Crippen molar-refractivity contribution in [2.75, 3.05) is 6.54 Å². The molecule has 0 unspecified atom stereocenters. The molecule has 2 aromatic rings. The lowest BCUT2D eigenvalue weighted by molar-refractivity contribution is 0.652. The van der Waals surface area contributed by atoms with Crippen LogP contribution in [0.2, 0.25) is 0 Å². The van der Waals surface area contributed by atoms with Crippen molar-refractivity contribution in [2.45, 2.75) is 39.2 Å². The van der Waals surface area contributed by atoms with Gasteiger partial charge in [-0.15, -0.1) is 35.3 Å². The number of rotatable bonds is 8. The molecule has 4 nitrogen and oxygen atoms in total. The third-order valence-electron chi connectivity index (χ3n) is 3.32. The van der Waals surface area contributed by atoms with E-state index in [1.165, 1.54) is 19.3 Å². The second-order valence-corrected chi connectivity index (χ2v) is 6.06. The van der Waals surface area contributed by atoms with Gasteiger partial charge in [-0.25, -0.2) is 9.98 Å². The highest BCUT2D eigenvalue weighted by Crippen LogP contribution is 2.23. The first kappa shape index (κ1) is 19.9. The minimum absolute atomic E-state index is 0. The molecule has 2 rings (SSSR count). The molecule has 0 aliphatic carbocycles. The molecule has 1 heterocycles. The van der Waals surface area contributed by atoms with Crippen LogP contribution in [-0.4, -0.2) is 17.5 Å². The van der Waals surface area contributed by atoms with Crippen LogP contribution in [0.5, 0.6) is 0 Å². The van der Waals surface area contributed by atoms with Crippen LogP contribution >= 0.6 is 35.3 Å². The molecule has 0 radical (unpaired) electrons.